The first kappa shape index (κ1) is 57.8. The number of hydrogen-bond acceptors (Lipinski definition) is 4. The van der Waals surface area contributed by atoms with Gasteiger partial charge in [0.1, 0.15) is 0 Å². The summed E-state index contributed by atoms with van der Waals surface area (Å²) >= 11 is 2.03. The normalized spacial score (nSPS) is 17.8. The lowest BCUT2D eigenvalue weighted by molar-refractivity contribution is 0.443. The zero-order valence-electron chi connectivity index (χ0n) is 55.6. The predicted octanol–water partition coefficient (Wildman–Crippen LogP) is 23.8. The lowest BCUT2D eigenvalue weighted by Gasteiger charge is -2.44. The van der Waals surface area contributed by atoms with Gasteiger partial charge in [-0.05, 0) is 227 Å². The molecule has 0 bridgehead atoms. The third-order valence-electron chi connectivity index (χ3n) is 24.2. The fraction of sp³-hybridized carbons (Fsp3) is 0.303. The first-order valence-corrected chi connectivity index (χ1v) is 37.4. The lowest BCUT2D eigenvalue weighted by atomic mass is 9.36. The van der Waals surface area contributed by atoms with Crippen molar-refractivity contribution in [3.63, 3.8) is 0 Å². The smallest absolute Gasteiger partial charge is 0.264 e. The predicted molar refractivity (Wildman–Crippen MR) is 406 cm³/mol. The monoisotopic (exact) mass is 1250 g/mol. The highest BCUT2D eigenvalue weighted by Crippen LogP contribution is 2.59. The van der Waals surface area contributed by atoms with Gasteiger partial charge in [0.25, 0.3) is 6.71 Å². The van der Waals surface area contributed by atoms with E-state index in [-0.39, 0.29) is 17.5 Å². The molecule has 0 amide bonds. The van der Waals surface area contributed by atoms with Crippen molar-refractivity contribution in [3.8, 4) is 16.8 Å². The van der Waals surface area contributed by atoms with Crippen LogP contribution in [0.1, 0.15) is 194 Å². The number of anilines is 9. The summed E-state index contributed by atoms with van der Waals surface area (Å²) in [5.74, 6) is 1.86. The van der Waals surface area contributed by atoms with E-state index in [1.165, 1.54) is 271 Å². The van der Waals surface area contributed by atoms with E-state index in [1.54, 1.807) is 0 Å². The number of thiophene rings is 1. The van der Waals surface area contributed by atoms with E-state index < -0.39 is 0 Å². The van der Waals surface area contributed by atoms with Crippen molar-refractivity contribution in [1.29, 1.82) is 0 Å². The van der Waals surface area contributed by atoms with Crippen molar-refractivity contribution in [2.45, 2.75) is 171 Å². The Morgan fingerprint density at radius 1 is 0.421 bits per heavy atom. The van der Waals surface area contributed by atoms with E-state index >= 15 is 0 Å². The van der Waals surface area contributed by atoms with Crippen molar-refractivity contribution in [1.82, 2.24) is 4.57 Å². The largest absolute Gasteiger partial charge is 0.311 e. The zero-order valence-corrected chi connectivity index (χ0v) is 56.5. The molecule has 4 nitrogen and oxygen atoms in total. The number of rotatable bonds is 9. The summed E-state index contributed by atoms with van der Waals surface area (Å²) in [7, 11) is 0. The van der Waals surface area contributed by atoms with E-state index in [2.05, 4.69) is 252 Å². The molecule has 4 saturated carbocycles. The topological polar surface area (TPSA) is 14.7 Å². The molecule has 0 N–H and O–H groups in total. The molecule has 7 aliphatic rings. The third-order valence-corrected chi connectivity index (χ3v) is 25.5. The van der Waals surface area contributed by atoms with Crippen molar-refractivity contribution < 1.29 is 0 Å². The van der Waals surface area contributed by atoms with Crippen molar-refractivity contribution >= 4 is 117 Å². The summed E-state index contributed by atoms with van der Waals surface area (Å²) in [5.41, 5.74) is 29.1. The number of fused-ring (bicyclic) bond motifs is 14. The van der Waals surface area contributed by atoms with Gasteiger partial charge in [-0.15, -0.1) is 11.3 Å². The summed E-state index contributed by atoms with van der Waals surface area (Å²) in [6, 6.07) is 85.3. The molecule has 0 saturated heterocycles. The van der Waals surface area contributed by atoms with Gasteiger partial charge in [-0.1, -0.05) is 207 Å². The van der Waals surface area contributed by atoms with E-state index in [1.807, 2.05) is 11.3 Å². The fourth-order valence-corrected chi connectivity index (χ4v) is 20.8. The summed E-state index contributed by atoms with van der Waals surface area (Å²) in [5, 5.41) is 3.88. The second kappa shape index (κ2) is 22.8. The maximum absolute atomic E-state index is 2.78. The second-order valence-corrected chi connectivity index (χ2v) is 31.7. The number of aromatic nitrogens is 1. The average Bonchev–Trinajstić information content (AvgIpc) is 1.68. The van der Waals surface area contributed by atoms with E-state index in [4.69, 9.17) is 0 Å². The molecule has 4 heterocycles. The van der Waals surface area contributed by atoms with Gasteiger partial charge in [-0.2, -0.15) is 0 Å². The Morgan fingerprint density at radius 3 is 1.55 bits per heavy atom. The van der Waals surface area contributed by atoms with Crippen molar-refractivity contribution in [2.75, 3.05) is 14.7 Å². The van der Waals surface area contributed by atoms with Crippen LogP contribution in [-0.4, -0.2) is 11.3 Å². The second-order valence-electron chi connectivity index (χ2n) is 30.6. The summed E-state index contributed by atoms with van der Waals surface area (Å²) in [6.07, 6.45) is 24.6. The zero-order chi connectivity index (χ0) is 63.1. The van der Waals surface area contributed by atoms with Crippen molar-refractivity contribution in [3.05, 3.63) is 246 Å². The van der Waals surface area contributed by atoms with E-state index in [9.17, 15) is 0 Å². The van der Waals surface area contributed by atoms with Crippen LogP contribution in [0.2, 0.25) is 0 Å². The SMILES string of the molecule is CC(C)(C)c1ccc2sc3c(c2c1)N(c1ccc2c(c1)C1(CCCC1)c1ccccc1-2)c1cc(-n2c4ccccc4c4ccccc42)cc2c1B3c1ccc(N(c3ccc(C4CCCCC4)cc3)c3ccc(C4CCCCC4)cc3)cc1N2c1ccc(C2CCCCC2)cc1. The molecule has 95 heavy (non-hydrogen) atoms. The van der Waals surface area contributed by atoms with Crippen LogP contribution in [0.15, 0.2) is 212 Å². The molecule has 1 spiro atoms. The summed E-state index contributed by atoms with van der Waals surface area (Å²) in [6.45, 7) is 7.09. The highest BCUT2D eigenvalue weighted by atomic mass is 32.1. The average molecular weight is 1250 g/mol. The highest BCUT2D eigenvalue weighted by Gasteiger charge is 2.49. The molecule has 12 aromatic rings. The van der Waals surface area contributed by atoms with Crippen molar-refractivity contribution in [2.24, 2.45) is 0 Å². The van der Waals surface area contributed by atoms with Gasteiger partial charge in [0.15, 0.2) is 0 Å². The maximum atomic E-state index is 2.78. The van der Waals surface area contributed by atoms with Crippen LogP contribution >= 0.6 is 11.3 Å². The molecule has 0 radical (unpaired) electrons. The minimum absolute atomic E-state index is 0.00340. The third kappa shape index (κ3) is 9.33. The standard InChI is InChI=1S/C89H85BN4S/c1-88(2,3)64-39-50-84-75(53-64)86-87(95-84)90-78-49-47-69(91(65-40-33-61(34-41-65)58-21-7-4-8-22-58)66-42-35-62(36-43-66)59-23-9-5-10-24-59)55-81(78)92(67-44-37-63(38-45-67)60-25-11-6-12-26-60)82-56-70(93-79-31-17-14-28-73(79)74-29-15-18-32-80(74)93)57-83(85(82)90)94(86)68-46-48-72-71-27-13-16-30-76(71)89(77(72)54-68)51-19-20-52-89/h13-18,27-50,53-60H,4-12,19-26,51-52H2,1-3H3. The van der Waals surface area contributed by atoms with Gasteiger partial charge < -0.3 is 19.3 Å². The van der Waals surface area contributed by atoms with Crippen LogP contribution in [0.3, 0.4) is 0 Å². The molecule has 19 rings (SSSR count). The quantitative estimate of drug-likeness (QED) is 0.134. The Kier molecular flexibility index (Phi) is 13.9. The maximum Gasteiger partial charge on any atom is 0.264 e. The Labute approximate surface area is 566 Å². The van der Waals surface area contributed by atoms with Crippen LogP contribution in [0.25, 0.3) is 48.7 Å². The van der Waals surface area contributed by atoms with Crippen LogP contribution in [-0.2, 0) is 10.8 Å². The van der Waals surface area contributed by atoms with Crippen LogP contribution in [0.4, 0.5) is 51.2 Å². The minimum Gasteiger partial charge on any atom is -0.311 e. The molecule has 10 aromatic carbocycles. The van der Waals surface area contributed by atoms with Crippen LogP contribution < -0.4 is 30.4 Å². The molecular formula is C89H85BN4S. The first-order chi connectivity index (χ1) is 46.7. The lowest BCUT2D eigenvalue weighted by Crippen LogP contribution is -2.60. The number of hydrogen-bond donors (Lipinski definition) is 0. The van der Waals surface area contributed by atoms with E-state index in [0.29, 0.717) is 17.8 Å². The van der Waals surface area contributed by atoms with Gasteiger partial charge in [0, 0.05) is 76.5 Å². The molecule has 470 valence electrons. The van der Waals surface area contributed by atoms with Gasteiger partial charge in [0.05, 0.1) is 22.4 Å². The number of nitrogens with zero attached hydrogens (tertiary/aromatic N) is 4. The highest BCUT2D eigenvalue weighted by molar-refractivity contribution is 7.33. The van der Waals surface area contributed by atoms with Gasteiger partial charge in [0.2, 0.25) is 0 Å². The van der Waals surface area contributed by atoms with Gasteiger partial charge in [-0.25, -0.2) is 0 Å². The molecule has 2 aromatic heterocycles. The Balaban J connectivity index is 0.891. The molecule has 4 fully saturated rings. The van der Waals surface area contributed by atoms with Crippen LogP contribution in [0, 0.1) is 0 Å². The van der Waals surface area contributed by atoms with Gasteiger partial charge >= 0.3 is 0 Å². The molecule has 5 aliphatic carbocycles. The molecule has 0 unspecified atom stereocenters. The Morgan fingerprint density at radius 2 is 0.947 bits per heavy atom. The fourth-order valence-electron chi connectivity index (χ4n) is 19.5. The first-order valence-electron chi connectivity index (χ1n) is 36.5. The summed E-state index contributed by atoms with van der Waals surface area (Å²) in [4.78, 5) is 8.08. The molecule has 2 aliphatic heterocycles. The van der Waals surface area contributed by atoms with E-state index in [0.717, 1.165) is 0 Å². The molecular weight excluding hydrogens is 1170 g/mol. The summed E-state index contributed by atoms with van der Waals surface area (Å²) < 4.78 is 5.34. The van der Waals surface area contributed by atoms with Crippen LogP contribution in [0.5, 0.6) is 0 Å². The Hall–Kier alpha value is -8.58. The molecule has 0 atom stereocenters. The molecule has 6 heteroatoms. The minimum atomic E-state index is -0.0615. The number of para-hydroxylation sites is 2. The number of benzene rings is 10. The van der Waals surface area contributed by atoms with Gasteiger partial charge in [-0.3, -0.25) is 0 Å². The Bertz CT molecular complexity index is 4850.